The van der Waals surface area contributed by atoms with Crippen molar-refractivity contribution in [1.82, 2.24) is 9.47 Å². The Hall–Kier alpha value is -1.64. The Balaban J connectivity index is 2.17. The summed E-state index contributed by atoms with van der Waals surface area (Å²) < 4.78 is 29.2. The quantitative estimate of drug-likeness (QED) is 0.370. The third kappa shape index (κ3) is 6.79. The summed E-state index contributed by atoms with van der Waals surface area (Å²) in [4.78, 5) is 2.18. The lowest BCUT2D eigenvalue weighted by Gasteiger charge is -2.11. The lowest BCUT2D eigenvalue weighted by Crippen LogP contribution is -2.15. The van der Waals surface area contributed by atoms with Crippen LogP contribution in [0.25, 0.3) is 10.9 Å². The van der Waals surface area contributed by atoms with E-state index < -0.39 is 0 Å². The first-order valence-corrected chi connectivity index (χ1v) is 9.19. The summed E-state index contributed by atoms with van der Waals surface area (Å²) in [5.41, 5.74) is 2.33. The van der Waals surface area contributed by atoms with Gasteiger partial charge >= 0.3 is 0 Å². The Labute approximate surface area is 161 Å². The van der Waals surface area contributed by atoms with Gasteiger partial charge in [-0.1, -0.05) is 6.07 Å². The Morgan fingerprint density at radius 1 is 0.963 bits per heavy atom. The van der Waals surface area contributed by atoms with E-state index >= 15 is 0 Å². The maximum Gasteiger partial charge on any atom is 0.189 e. The summed E-state index contributed by atoms with van der Waals surface area (Å²) in [6, 6.07) is 6.07. The van der Waals surface area contributed by atoms with Crippen LogP contribution < -0.4 is 4.74 Å². The number of methoxy groups -OCH3 is 2. The van der Waals surface area contributed by atoms with E-state index in [0.29, 0.717) is 33.2 Å². The van der Waals surface area contributed by atoms with Crippen molar-refractivity contribution in [1.29, 1.82) is 0 Å². The second-order valence-electron chi connectivity index (χ2n) is 6.52. The van der Waals surface area contributed by atoms with E-state index in [2.05, 4.69) is 35.8 Å². The molecule has 0 unspecified atom stereocenters. The molecule has 0 saturated carbocycles. The van der Waals surface area contributed by atoms with Crippen LogP contribution in [-0.2, 0) is 32.1 Å². The van der Waals surface area contributed by atoms with Crippen molar-refractivity contribution < 1.29 is 23.7 Å². The van der Waals surface area contributed by atoms with Crippen LogP contribution in [0.4, 0.5) is 0 Å². The molecule has 0 saturated heterocycles. The van der Waals surface area contributed by atoms with Crippen molar-refractivity contribution in [3.05, 3.63) is 30.0 Å². The molecular weight excluding hydrogens is 348 g/mol. The largest absolute Gasteiger partial charge is 0.467 e. The summed E-state index contributed by atoms with van der Waals surface area (Å²) in [5.74, 6) is 0.828. The molecule has 7 nitrogen and oxygen atoms in total. The van der Waals surface area contributed by atoms with Crippen LogP contribution in [0.2, 0.25) is 0 Å². The minimum Gasteiger partial charge on any atom is -0.467 e. The zero-order valence-electron chi connectivity index (χ0n) is 16.9. The molecule has 1 aromatic heterocycles. The lowest BCUT2D eigenvalue weighted by atomic mass is 10.1. The second-order valence-corrected chi connectivity index (χ2v) is 6.52. The fourth-order valence-corrected chi connectivity index (χ4v) is 2.78. The number of aromatic nitrogens is 1. The van der Waals surface area contributed by atoms with E-state index in [-0.39, 0.29) is 6.79 Å². The fourth-order valence-electron chi connectivity index (χ4n) is 2.78. The van der Waals surface area contributed by atoms with Crippen LogP contribution in [0.15, 0.2) is 24.4 Å². The Morgan fingerprint density at radius 3 is 2.41 bits per heavy atom. The summed E-state index contributed by atoms with van der Waals surface area (Å²) in [6.07, 6.45) is 3.08. The van der Waals surface area contributed by atoms with Crippen LogP contribution in [0.5, 0.6) is 5.75 Å². The van der Waals surface area contributed by atoms with Gasteiger partial charge in [0, 0.05) is 32.3 Å². The maximum atomic E-state index is 5.90. The molecule has 0 aliphatic rings. The molecule has 152 valence electrons. The van der Waals surface area contributed by atoms with Crippen molar-refractivity contribution in [3.8, 4) is 5.75 Å². The molecule has 0 atom stereocenters. The van der Waals surface area contributed by atoms with E-state index in [1.807, 2.05) is 12.1 Å². The van der Waals surface area contributed by atoms with Crippen molar-refractivity contribution in [2.75, 3.05) is 68.1 Å². The number of benzene rings is 1. The first-order chi connectivity index (χ1) is 13.2. The van der Waals surface area contributed by atoms with Crippen molar-refractivity contribution in [2.24, 2.45) is 0 Å². The van der Waals surface area contributed by atoms with Gasteiger partial charge < -0.3 is 33.2 Å². The number of nitrogens with zero attached hydrogens (tertiary/aromatic N) is 2. The zero-order valence-corrected chi connectivity index (χ0v) is 16.9. The van der Waals surface area contributed by atoms with Gasteiger partial charge in [0.15, 0.2) is 6.79 Å². The Bertz CT molecular complexity index is 672. The molecule has 2 rings (SSSR count). The summed E-state index contributed by atoms with van der Waals surface area (Å²) in [5, 5.41) is 1.12. The van der Waals surface area contributed by atoms with Crippen LogP contribution in [0, 0.1) is 0 Å². The van der Waals surface area contributed by atoms with Crippen LogP contribution >= 0.6 is 0 Å². The van der Waals surface area contributed by atoms with Crippen LogP contribution in [0.1, 0.15) is 5.56 Å². The normalized spacial score (nSPS) is 11.6. The fraction of sp³-hybridized carbons (Fsp3) is 0.600. The van der Waals surface area contributed by atoms with E-state index in [4.69, 9.17) is 23.7 Å². The number of likely N-dealkylation sites (N-methyl/N-ethyl adjacent to an activating group) is 1. The van der Waals surface area contributed by atoms with E-state index in [9.17, 15) is 0 Å². The molecule has 1 heterocycles. The molecule has 0 radical (unpaired) electrons. The molecule has 0 spiro atoms. The third-order valence-corrected chi connectivity index (χ3v) is 4.17. The molecule has 0 N–H and O–H groups in total. The van der Waals surface area contributed by atoms with E-state index in [1.165, 1.54) is 5.56 Å². The number of fused-ring (bicyclic) bond motifs is 1. The molecule has 0 bridgehead atoms. The standard InChI is InChI=1S/C20H32N2O5/c1-21(2)9-8-17-14-22(15-25-12-10-23-3)18-6-5-7-19(20(17)18)27-16-26-13-11-24-4/h5-7,14H,8-13,15-16H2,1-4H3. The molecule has 7 heteroatoms. The van der Waals surface area contributed by atoms with Crippen LogP contribution in [0.3, 0.4) is 0 Å². The highest BCUT2D eigenvalue weighted by molar-refractivity contribution is 5.90. The molecule has 27 heavy (non-hydrogen) atoms. The molecule has 0 fully saturated rings. The second kappa shape index (κ2) is 11.9. The van der Waals surface area contributed by atoms with Gasteiger partial charge in [0.1, 0.15) is 12.5 Å². The Kier molecular flexibility index (Phi) is 9.58. The van der Waals surface area contributed by atoms with Crippen LogP contribution in [-0.4, -0.2) is 77.5 Å². The van der Waals surface area contributed by atoms with Gasteiger partial charge in [-0.15, -0.1) is 0 Å². The van der Waals surface area contributed by atoms with E-state index in [1.54, 1.807) is 14.2 Å². The first kappa shape index (κ1) is 21.7. The monoisotopic (exact) mass is 380 g/mol. The zero-order chi connectivity index (χ0) is 19.5. The molecule has 0 amide bonds. The maximum absolute atomic E-state index is 5.90. The number of hydrogen-bond acceptors (Lipinski definition) is 6. The molecule has 1 aromatic carbocycles. The highest BCUT2D eigenvalue weighted by atomic mass is 16.7. The average Bonchev–Trinajstić information content (AvgIpc) is 3.02. The van der Waals surface area contributed by atoms with Gasteiger partial charge in [0.2, 0.25) is 0 Å². The SMILES string of the molecule is COCCOCOc1cccc2c1c(CCN(C)C)cn2COCCOC. The molecular formula is C20H32N2O5. The lowest BCUT2D eigenvalue weighted by molar-refractivity contribution is -0.00781. The molecule has 2 aromatic rings. The summed E-state index contributed by atoms with van der Waals surface area (Å²) >= 11 is 0. The van der Waals surface area contributed by atoms with Crippen molar-refractivity contribution in [2.45, 2.75) is 13.2 Å². The highest BCUT2D eigenvalue weighted by Gasteiger charge is 2.14. The smallest absolute Gasteiger partial charge is 0.189 e. The Morgan fingerprint density at radius 2 is 1.70 bits per heavy atom. The number of ether oxygens (including phenoxy) is 5. The van der Waals surface area contributed by atoms with Gasteiger partial charge in [-0.25, -0.2) is 0 Å². The summed E-state index contributed by atoms with van der Waals surface area (Å²) in [7, 11) is 7.48. The van der Waals surface area contributed by atoms with E-state index in [0.717, 1.165) is 29.6 Å². The average molecular weight is 380 g/mol. The van der Waals surface area contributed by atoms with Gasteiger partial charge in [-0.3, -0.25) is 0 Å². The predicted octanol–water partition coefficient (Wildman–Crippen LogP) is 2.37. The summed E-state index contributed by atoms with van der Waals surface area (Å²) in [6.45, 7) is 3.85. The minimum absolute atomic E-state index is 0.200. The van der Waals surface area contributed by atoms with Gasteiger partial charge in [0.25, 0.3) is 0 Å². The number of rotatable bonds is 14. The molecule has 0 aliphatic heterocycles. The first-order valence-electron chi connectivity index (χ1n) is 9.19. The topological polar surface area (TPSA) is 54.3 Å². The van der Waals surface area contributed by atoms with Gasteiger partial charge in [-0.2, -0.15) is 0 Å². The minimum atomic E-state index is 0.200. The van der Waals surface area contributed by atoms with Gasteiger partial charge in [0.05, 0.1) is 31.9 Å². The molecule has 0 aliphatic carbocycles. The number of hydrogen-bond donors (Lipinski definition) is 0. The van der Waals surface area contributed by atoms with Crippen molar-refractivity contribution >= 4 is 10.9 Å². The van der Waals surface area contributed by atoms with Gasteiger partial charge in [-0.05, 0) is 38.2 Å². The third-order valence-electron chi connectivity index (χ3n) is 4.17. The highest BCUT2D eigenvalue weighted by Crippen LogP contribution is 2.31. The van der Waals surface area contributed by atoms with Crippen molar-refractivity contribution in [3.63, 3.8) is 0 Å². The predicted molar refractivity (Wildman–Crippen MR) is 105 cm³/mol.